The highest BCUT2D eigenvalue weighted by atomic mass is 79.9. The highest BCUT2D eigenvalue weighted by Gasteiger charge is 2.42. The number of ketones is 1. The minimum atomic E-state index is -0.0801. The van der Waals surface area contributed by atoms with Gasteiger partial charge in [0.1, 0.15) is 0 Å². The summed E-state index contributed by atoms with van der Waals surface area (Å²) in [5.74, 6) is 0.442. The van der Waals surface area contributed by atoms with Gasteiger partial charge in [-0.3, -0.25) is 4.79 Å². The smallest absolute Gasteiger partial charge is 0.231 e. The zero-order valence-corrected chi connectivity index (χ0v) is 13.6. The number of fused-ring (bicyclic) bond motifs is 4. The number of benzene rings is 2. The van der Waals surface area contributed by atoms with Crippen molar-refractivity contribution in [2.24, 2.45) is 4.99 Å². The molecule has 0 saturated heterocycles. The maximum atomic E-state index is 12.8. The molecule has 0 spiro atoms. The van der Waals surface area contributed by atoms with Crippen LogP contribution in [0.4, 0.5) is 11.4 Å². The maximum Gasteiger partial charge on any atom is 0.231 e. The molecule has 4 heteroatoms. The number of anilines is 1. The molecule has 0 radical (unpaired) electrons. The van der Waals surface area contributed by atoms with Crippen LogP contribution in [0.1, 0.15) is 27.5 Å². The van der Waals surface area contributed by atoms with Crippen LogP contribution in [0, 0.1) is 6.92 Å². The van der Waals surface area contributed by atoms with E-state index in [1.54, 1.807) is 0 Å². The van der Waals surface area contributed by atoms with Gasteiger partial charge in [-0.25, -0.2) is 4.99 Å². The Kier molecular flexibility index (Phi) is 2.84. The first-order chi connectivity index (χ1) is 10.6. The first-order valence-electron chi connectivity index (χ1n) is 7.06. The lowest BCUT2D eigenvalue weighted by Gasteiger charge is -2.32. The lowest BCUT2D eigenvalue weighted by Crippen LogP contribution is -2.35. The van der Waals surface area contributed by atoms with Gasteiger partial charge in [0.15, 0.2) is 5.84 Å². The lowest BCUT2D eigenvalue weighted by molar-refractivity contribution is 0.106. The van der Waals surface area contributed by atoms with E-state index in [0.717, 1.165) is 27.0 Å². The van der Waals surface area contributed by atoms with Crippen molar-refractivity contribution in [2.75, 3.05) is 4.90 Å². The summed E-state index contributed by atoms with van der Waals surface area (Å²) in [6.07, 6.45) is 1.86. The molecular weight excluding hydrogens is 340 g/mol. The molecule has 108 valence electrons. The van der Waals surface area contributed by atoms with Gasteiger partial charge >= 0.3 is 0 Å². The third-order valence-electron chi connectivity index (χ3n) is 4.21. The molecule has 0 fully saturated rings. The number of nitrogens with zero attached hydrogens (tertiary/aromatic N) is 2. The van der Waals surface area contributed by atoms with Crippen molar-refractivity contribution in [1.82, 2.24) is 0 Å². The molecule has 0 aromatic heterocycles. The molecule has 2 heterocycles. The molecule has 2 aliphatic rings. The Balaban J connectivity index is 2.03. The zero-order chi connectivity index (χ0) is 15.4. The highest BCUT2D eigenvalue weighted by Crippen LogP contribution is 2.46. The number of aryl methyl sites for hydroxylation is 1. The monoisotopic (exact) mass is 352 g/mol. The highest BCUT2D eigenvalue weighted by molar-refractivity contribution is 9.10. The van der Waals surface area contributed by atoms with Crippen LogP contribution >= 0.6 is 15.9 Å². The Labute approximate surface area is 137 Å². The average molecular weight is 353 g/mol. The molecule has 2 aromatic carbocycles. The third kappa shape index (κ3) is 1.61. The van der Waals surface area contributed by atoms with Crippen LogP contribution in [-0.2, 0) is 0 Å². The van der Waals surface area contributed by atoms with E-state index in [1.807, 2.05) is 54.3 Å². The van der Waals surface area contributed by atoms with Gasteiger partial charge < -0.3 is 4.90 Å². The number of amidine groups is 1. The summed E-state index contributed by atoms with van der Waals surface area (Å²) in [4.78, 5) is 19.4. The van der Waals surface area contributed by atoms with Gasteiger partial charge in [0, 0.05) is 10.0 Å². The van der Waals surface area contributed by atoms with Crippen molar-refractivity contribution in [3.63, 3.8) is 0 Å². The molecular formula is C18H13BrN2O. The van der Waals surface area contributed by atoms with Gasteiger partial charge in [0.2, 0.25) is 5.78 Å². The second-order valence-electron chi connectivity index (χ2n) is 5.46. The van der Waals surface area contributed by atoms with Gasteiger partial charge in [-0.1, -0.05) is 30.3 Å². The number of carbonyl (C=O) groups is 1. The molecule has 0 saturated carbocycles. The number of aliphatic imine (C=N–C) groups is 1. The largest absolute Gasteiger partial charge is 0.311 e. The second-order valence-corrected chi connectivity index (χ2v) is 6.26. The van der Waals surface area contributed by atoms with Crippen LogP contribution in [0.2, 0.25) is 0 Å². The molecule has 0 aliphatic carbocycles. The van der Waals surface area contributed by atoms with Crippen LogP contribution in [-0.4, -0.2) is 11.6 Å². The van der Waals surface area contributed by atoms with Gasteiger partial charge in [0.25, 0.3) is 0 Å². The predicted molar refractivity (Wildman–Crippen MR) is 92.2 cm³/mol. The van der Waals surface area contributed by atoms with E-state index in [4.69, 9.17) is 0 Å². The Bertz CT molecular complexity index is 869. The number of hydrogen-bond acceptors (Lipinski definition) is 3. The zero-order valence-electron chi connectivity index (χ0n) is 12.0. The molecule has 22 heavy (non-hydrogen) atoms. The molecule has 0 amide bonds. The summed E-state index contributed by atoms with van der Waals surface area (Å²) < 4.78 is 0.846. The molecule has 2 aliphatic heterocycles. The number of para-hydroxylation sites is 1. The molecule has 0 unspecified atom stereocenters. The van der Waals surface area contributed by atoms with Gasteiger partial charge in [0.05, 0.1) is 23.0 Å². The summed E-state index contributed by atoms with van der Waals surface area (Å²) in [5, 5.41) is 0. The maximum absolute atomic E-state index is 12.8. The summed E-state index contributed by atoms with van der Waals surface area (Å²) in [7, 11) is 0. The second kappa shape index (κ2) is 4.65. The fourth-order valence-corrected chi connectivity index (χ4v) is 3.65. The number of carbonyl (C=O) groups excluding carboxylic acids is 1. The quantitative estimate of drug-likeness (QED) is 0.695. The van der Waals surface area contributed by atoms with E-state index >= 15 is 0 Å². The fraction of sp³-hybridized carbons (Fsp3) is 0.111. The van der Waals surface area contributed by atoms with Gasteiger partial charge in [-0.05, 0) is 40.5 Å². The van der Waals surface area contributed by atoms with E-state index in [0.29, 0.717) is 11.4 Å². The summed E-state index contributed by atoms with van der Waals surface area (Å²) >= 11 is 3.55. The van der Waals surface area contributed by atoms with E-state index < -0.39 is 0 Å². The van der Waals surface area contributed by atoms with E-state index in [9.17, 15) is 4.79 Å². The van der Waals surface area contributed by atoms with Crippen molar-refractivity contribution >= 4 is 38.9 Å². The third-order valence-corrected chi connectivity index (χ3v) is 5.24. The molecule has 0 N–H and O–H groups in total. The van der Waals surface area contributed by atoms with Crippen LogP contribution in [0.15, 0.2) is 58.5 Å². The molecule has 2 aromatic rings. The normalized spacial score (nSPS) is 18.5. The summed E-state index contributed by atoms with van der Waals surface area (Å²) in [6, 6.07) is 11.8. The van der Waals surface area contributed by atoms with Crippen LogP contribution in [0.5, 0.6) is 0 Å². The molecule has 0 bridgehead atoms. The van der Waals surface area contributed by atoms with E-state index in [-0.39, 0.29) is 11.8 Å². The van der Waals surface area contributed by atoms with Crippen molar-refractivity contribution in [1.29, 1.82) is 0 Å². The van der Waals surface area contributed by atoms with Crippen LogP contribution in [0.25, 0.3) is 0 Å². The minimum Gasteiger partial charge on any atom is -0.311 e. The standard InChI is InChI=1S/C18H13BrN2O/c1-3-13-11-6-4-5-7-12(11)20-18-17(22)15-14(21(13)18)9-8-10(2)16(15)19/h3-9,13H,1H2,2H3/t13-/m0/s1. The molecule has 3 nitrogen and oxygen atoms in total. The first-order valence-corrected chi connectivity index (χ1v) is 7.86. The Morgan fingerprint density at radius 2 is 2.05 bits per heavy atom. The van der Waals surface area contributed by atoms with E-state index in [1.165, 1.54) is 0 Å². The van der Waals surface area contributed by atoms with Gasteiger partial charge in [-0.2, -0.15) is 0 Å². The number of rotatable bonds is 1. The Hall–Kier alpha value is -2.20. The molecule has 4 rings (SSSR count). The predicted octanol–water partition coefficient (Wildman–Crippen LogP) is 4.73. The van der Waals surface area contributed by atoms with E-state index in [2.05, 4.69) is 27.5 Å². The van der Waals surface area contributed by atoms with Crippen molar-refractivity contribution < 1.29 is 4.79 Å². The summed E-state index contributed by atoms with van der Waals surface area (Å²) in [6.45, 7) is 5.94. The SMILES string of the molecule is C=C[C@H]1c2ccccc2N=C2C(=O)c3c(ccc(C)c3Br)N21. The van der Waals surface area contributed by atoms with Crippen molar-refractivity contribution in [3.8, 4) is 0 Å². The number of halogens is 1. The summed E-state index contributed by atoms with van der Waals surface area (Å²) in [5.41, 5.74) is 4.53. The number of hydrogen-bond donors (Lipinski definition) is 0. The van der Waals surface area contributed by atoms with Crippen molar-refractivity contribution in [2.45, 2.75) is 13.0 Å². The fourth-order valence-electron chi connectivity index (χ4n) is 3.13. The average Bonchev–Trinajstić information content (AvgIpc) is 2.82. The topological polar surface area (TPSA) is 32.7 Å². The first kappa shape index (κ1) is 13.5. The Morgan fingerprint density at radius 1 is 1.27 bits per heavy atom. The van der Waals surface area contributed by atoms with Crippen molar-refractivity contribution in [3.05, 3.63) is 70.2 Å². The lowest BCUT2D eigenvalue weighted by atomic mass is 10.0. The Morgan fingerprint density at radius 3 is 2.82 bits per heavy atom. The minimum absolute atomic E-state index is 0.0353. The van der Waals surface area contributed by atoms with Crippen LogP contribution in [0.3, 0.4) is 0 Å². The molecule has 1 atom stereocenters. The number of Topliss-reactive ketones (excluding diaryl/α,β-unsaturated/α-hetero) is 1. The van der Waals surface area contributed by atoms with Gasteiger partial charge in [-0.15, -0.1) is 6.58 Å². The van der Waals surface area contributed by atoms with Crippen LogP contribution < -0.4 is 4.90 Å².